The van der Waals surface area contributed by atoms with Gasteiger partial charge in [-0.25, -0.2) is 4.79 Å². The predicted molar refractivity (Wildman–Crippen MR) is 93.0 cm³/mol. The number of para-hydroxylation sites is 1. The van der Waals surface area contributed by atoms with Gasteiger partial charge in [-0.15, -0.1) is 10.2 Å². The van der Waals surface area contributed by atoms with Gasteiger partial charge in [-0.1, -0.05) is 18.2 Å². The number of rotatable bonds is 1. The predicted octanol–water partition coefficient (Wildman–Crippen LogP) is 3.89. The maximum atomic E-state index is 12.5. The van der Waals surface area contributed by atoms with Crippen LogP contribution in [-0.2, 0) is 19.3 Å². The lowest BCUT2D eigenvalue weighted by Crippen LogP contribution is -2.35. The molecule has 0 radical (unpaired) electrons. The van der Waals surface area contributed by atoms with Crippen molar-refractivity contribution >= 4 is 22.8 Å². The Balaban J connectivity index is 1.50. The van der Waals surface area contributed by atoms with E-state index in [1.54, 1.807) is 4.90 Å². The summed E-state index contributed by atoms with van der Waals surface area (Å²) in [4.78, 5) is 14.2. The van der Waals surface area contributed by atoms with Crippen molar-refractivity contribution in [3.05, 3.63) is 53.9 Å². The molecule has 0 aliphatic carbocycles. The second kappa shape index (κ2) is 6.57. The van der Waals surface area contributed by atoms with Gasteiger partial charge in [0.05, 0.1) is 6.54 Å². The summed E-state index contributed by atoms with van der Waals surface area (Å²) in [6.45, 7) is 1.75. The van der Waals surface area contributed by atoms with E-state index in [2.05, 4.69) is 26.1 Å². The minimum absolute atomic E-state index is 0.0159. The summed E-state index contributed by atoms with van der Waals surface area (Å²) < 4.78 is 39.8. The fourth-order valence-electron chi connectivity index (χ4n) is 3.27. The Kier molecular flexibility index (Phi) is 4.21. The van der Waals surface area contributed by atoms with Gasteiger partial charge in [-0.05, 0) is 36.1 Å². The van der Waals surface area contributed by atoms with Crippen LogP contribution in [0.25, 0.3) is 10.9 Å². The fourth-order valence-corrected chi connectivity index (χ4v) is 3.27. The van der Waals surface area contributed by atoms with Crippen molar-refractivity contribution in [1.82, 2.24) is 19.7 Å². The monoisotopic (exact) mass is 375 g/mol. The summed E-state index contributed by atoms with van der Waals surface area (Å²) in [5.41, 5.74) is 1.05. The van der Waals surface area contributed by atoms with Crippen molar-refractivity contribution < 1.29 is 18.0 Å². The number of fused-ring (bicyclic) bond motifs is 3. The van der Waals surface area contributed by atoms with Crippen molar-refractivity contribution in [1.29, 1.82) is 0 Å². The van der Waals surface area contributed by atoms with E-state index in [0.717, 1.165) is 41.7 Å². The Morgan fingerprint density at radius 3 is 2.63 bits per heavy atom. The summed E-state index contributed by atoms with van der Waals surface area (Å²) in [5, 5.41) is 10.2. The zero-order valence-corrected chi connectivity index (χ0v) is 14.2. The van der Waals surface area contributed by atoms with Crippen LogP contribution in [0.2, 0.25) is 0 Å². The average Bonchev–Trinajstić information content (AvgIpc) is 2.84. The van der Waals surface area contributed by atoms with Crippen LogP contribution in [-0.4, -0.2) is 32.2 Å². The summed E-state index contributed by atoms with van der Waals surface area (Å²) in [7, 11) is 0. The van der Waals surface area contributed by atoms with Gasteiger partial charge < -0.3 is 9.47 Å². The zero-order valence-electron chi connectivity index (χ0n) is 14.2. The Morgan fingerprint density at radius 2 is 1.89 bits per heavy atom. The minimum Gasteiger partial charge on any atom is -0.343 e. The number of urea groups is 1. The number of nitrogens with zero attached hydrogens (tertiary/aromatic N) is 4. The SMILES string of the molecule is O=C(Nc1ccc(C(F)(F)F)nn1)N1CCCn2c(cc3ccccc32)C1. The number of benzene rings is 1. The number of aryl methyl sites for hydroxylation is 1. The quantitative estimate of drug-likeness (QED) is 0.702. The third kappa shape index (κ3) is 3.44. The van der Waals surface area contributed by atoms with Crippen molar-refractivity contribution in [3.8, 4) is 0 Å². The Bertz CT molecular complexity index is 981. The van der Waals surface area contributed by atoms with Gasteiger partial charge in [0, 0.05) is 24.3 Å². The lowest BCUT2D eigenvalue weighted by atomic mass is 10.2. The Morgan fingerprint density at radius 1 is 1.07 bits per heavy atom. The summed E-state index contributed by atoms with van der Waals surface area (Å²) >= 11 is 0. The van der Waals surface area contributed by atoms with Gasteiger partial charge >= 0.3 is 12.2 Å². The van der Waals surface area contributed by atoms with Crippen molar-refractivity contribution in [3.63, 3.8) is 0 Å². The number of hydrogen-bond donors (Lipinski definition) is 1. The number of halogens is 3. The molecule has 0 saturated heterocycles. The number of aromatic nitrogens is 3. The molecule has 1 aromatic carbocycles. The highest BCUT2D eigenvalue weighted by atomic mass is 19.4. The number of alkyl halides is 3. The first-order chi connectivity index (χ1) is 12.9. The van der Waals surface area contributed by atoms with Gasteiger partial charge in [0.1, 0.15) is 0 Å². The third-order valence-corrected chi connectivity index (χ3v) is 4.54. The van der Waals surface area contributed by atoms with E-state index >= 15 is 0 Å². The largest absolute Gasteiger partial charge is 0.435 e. The lowest BCUT2D eigenvalue weighted by Gasteiger charge is -2.20. The lowest BCUT2D eigenvalue weighted by molar-refractivity contribution is -0.141. The topological polar surface area (TPSA) is 63.1 Å². The van der Waals surface area contributed by atoms with Crippen LogP contribution in [0.5, 0.6) is 0 Å². The number of amides is 2. The van der Waals surface area contributed by atoms with Gasteiger partial charge in [0.2, 0.25) is 0 Å². The second-order valence-electron chi connectivity index (χ2n) is 6.35. The zero-order chi connectivity index (χ0) is 19.0. The molecule has 3 heterocycles. The fraction of sp³-hybridized carbons (Fsp3) is 0.278. The molecule has 0 bridgehead atoms. The van der Waals surface area contributed by atoms with Gasteiger partial charge in [0.25, 0.3) is 0 Å². The molecule has 0 spiro atoms. The number of hydrogen-bond acceptors (Lipinski definition) is 3. The maximum Gasteiger partial charge on any atom is 0.435 e. The summed E-state index contributed by atoms with van der Waals surface area (Å²) in [6, 6.07) is 11.6. The molecule has 0 fully saturated rings. The van der Waals surface area contributed by atoms with Crippen LogP contribution >= 0.6 is 0 Å². The van der Waals surface area contributed by atoms with Crippen LogP contribution in [0.4, 0.5) is 23.8 Å². The number of anilines is 1. The normalized spacial score (nSPS) is 14.7. The first-order valence-corrected chi connectivity index (χ1v) is 8.46. The van der Waals surface area contributed by atoms with E-state index in [-0.39, 0.29) is 5.82 Å². The van der Waals surface area contributed by atoms with E-state index < -0.39 is 17.9 Å². The molecule has 6 nitrogen and oxygen atoms in total. The van der Waals surface area contributed by atoms with E-state index in [1.807, 2.05) is 24.3 Å². The highest BCUT2D eigenvalue weighted by molar-refractivity contribution is 5.88. The molecule has 2 amide bonds. The van der Waals surface area contributed by atoms with Gasteiger partial charge in [-0.3, -0.25) is 5.32 Å². The standard InChI is InChI=1S/C18H16F3N5O/c19-18(20,21)15-6-7-16(24-23-15)22-17(27)25-8-3-9-26-13(11-25)10-12-4-1-2-5-14(12)26/h1-2,4-7,10H,3,8-9,11H2,(H,22,24,27). The minimum atomic E-state index is -4.56. The Hall–Kier alpha value is -3.10. The van der Waals surface area contributed by atoms with Crippen molar-refractivity contribution in [2.75, 3.05) is 11.9 Å². The molecule has 3 aromatic rings. The van der Waals surface area contributed by atoms with Crippen LogP contribution in [0.3, 0.4) is 0 Å². The van der Waals surface area contributed by atoms with Crippen LogP contribution in [0.1, 0.15) is 17.8 Å². The molecular weight excluding hydrogens is 359 g/mol. The number of carbonyl (C=O) groups excluding carboxylic acids is 1. The molecule has 1 aliphatic heterocycles. The van der Waals surface area contributed by atoms with Crippen LogP contribution in [0, 0.1) is 0 Å². The third-order valence-electron chi connectivity index (χ3n) is 4.54. The second-order valence-corrected chi connectivity index (χ2v) is 6.35. The average molecular weight is 375 g/mol. The van der Waals surface area contributed by atoms with Crippen molar-refractivity contribution in [2.24, 2.45) is 0 Å². The highest BCUT2D eigenvalue weighted by Crippen LogP contribution is 2.27. The van der Waals surface area contributed by atoms with Gasteiger partial charge in [-0.2, -0.15) is 13.2 Å². The first-order valence-electron chi connectivity index (χ1n) is 8.46. The van der Waals surface area contributed by atoms with Crippen molar-refractivity contribution in [2.45, 2.75) is 25.7 Å². The highest BCUT2D eigenvalue weighted by Gasteiger charge is 2.33. The van der Waals surface area contributed by atoms with E-state index in [9.17, 15) is 18.0 Å². The molecule has 2 aromatic heterocycles. The molecule has 4 rings (SSSR count). The summed E-state index contributed by atoms with van der Waals surface area (Å²) in [6.07, 6.45) is -3.79. The molecule has 27 heavy (non-hydrogen) atoms. The van der Waals surface area contributed by atoms with Gasteiger partial charge in [0.15, 0.2) is 11.5 Å². The molecular formula is C18H16F3N5O. The van der Waals surface area contributed by atoms with Crippen LogP contribution in [0.15, 0.2) is 42.5 Å². The van der Waals surface area contributed by atoms with E-state index in [1.165, 1.54) is 0 Å². The molecule has 140 valence electrons. The maximum absolute atomic E-state index is 12.5. The smallest absolute Gasteiger partial charge is 0.343 e. The number of carbonyl (C=O) groups is 1. The molecule has 1 aliphatic rings. The summed E-state index contributed by atoms with van der Waals surface area (Å²) in [5.74, 6) is -0.0159. The molecule has 0 unspecified atom stereocenters. The molecule has 9 heteroatoms. The number of nitrogens with one attached hydrogen (secondary N) is 1. The van der Waals surface area contributed by atoms with Crippen LogP contribution < -0.4 is 5.32 Å². The molecule has 1 N–H and O–H groups in total. The van der Waals surface area contributed by atoms with E-state index in [4.69, 9.17) is 0 Å². The molecule has 0 saturated carbocycles. The van der Waals surface area contributed by atoms with E-state index in [0.29, 0.717) is 13.1 Å². The molecule has 0 atom stereocenters. The Labute approximate surface area is 152 Å². The first kappa shape index (κ1) is 17.3.